The van der Waals surface area contributed by atoms with Crippen LogP contribution in [0.2, 0.25) is 0 Å². The van der Waals surface area contributed by atoms with Gasteiger partial charge in [0.2, 0.25) is 11.8 Å². The minimum Gasteiger partial charge on any atom is -0.368 e. The molecule has 7 nitrogen and oxygen atoms in total. The third-order valence-corrected chi connectivity index (χ3v) is 4.98. The minimum absolute atomic E-state index is 0.211. The van der Waals surface area contributed by atoms with Gasteiger partial charge in [0.15, 0.2) is 0 Å². The zero-order chi connectivity index (χ0) is 22.4. The lowest BCUT2D eigenvalue weighted by molar-refractivity contribution is -0.138. The molecule has 0 aliphatic rings. The van der Waals surface area contributed by atoms with E-state index in [9.17, 15) is 14.4 Å². The van der Waals surface area contributed by atoms with Gasteiger partial charge in [0.25, 0.3) is 5.91 Å². The lowest BCUT2D eigenvalue weighted by atomic mass is 10.0. The highest BCUT2D eigenvalue weighted by atomic mass is 16.2. The van der Waals surface area contributed by atoms with E-state index in [0.29, 0.717) is 5.39 Å². The molecule has 0 fully saturated rings. The second-order valence-electron chi connectivity index (χ2n) is 7.72. The number of nitrogens with two attached hydrogens (primary N) is 1. The summed E-state index contributed by atoms with van der Waals surface area (Å²) < 4.78 is 0. The van der Waals surface area contributed by atoms with E-state index in [1.165, 1.54) is 4.90 Å². The molecule has 3 N–H and O–H groups in total. The number of primary amides is 1. The van der Waals surface area contributed by atoms with E-state index in [-0.39, 0.29) is 30.6 Å². The fraction of sp³-hybridized carbons (Fsp3) is 0.250. The van der Waals surface area contributed by atoms with Crippen molar-refractivity contribution in [3.05, 3.63) is 78.1 Å². The van der Waals surface area contributed by atoms with Crippen molar-refractivity contribution in [2.24, 2.45) is 11.7 Å². The van der Waals surface area contributed by atoms with Gasteiger partial charge in [-0.15, -0.1) is 0 Å². The van der Waals surface area contributed by atoms with Gasteiger partial charge in [-0.2, -0.15) is 0 Å². The normalized spacial score (nSPS) is 11.8. The SMILES string of the molecule is CC(C)[C@H](NC(=O)c1nccc2ccccc12)C(=O)N(CC(N)=O)Cc1ccccc1. The quantitative estimate of drug-likeness (QED) is 0.586. The van der Waals surface area contributed by atoms with Gasteiger partial charge in [0.1, 0.15) is 11.7 Å². The van der Waals surface area contributed by atoms with Crippen LogP contribution in [0.25, 0.3) is 10.8 Å². The predicted octanol–water partition coefficient (Wildman–Crippen LogP) is 2.50. The molecule has 3 amide bonds. The van der Waals surface area contributed by atoms with Gasteiger partial charge >= 0.3 is 0 Å². The van der Waals surface area contributed by atoms with Crippen LogP contribution in [0.5, 0.6) is 0 Å². The average molecular weight is 418 g/mol. The largest absolute Gasteiger partial charge is 0.368 e. The van der Waals surface area contributed by atoms with Crippen molar-refractivity contribution in [3.8, 4) is 0 Å². The molecule has 0 saturated heterocycles. The summed E-state index contributed by atoms with van der Waals surface area (Å²) in [4.78, 5) is 43.6. The molecule has 0 bridgehead atoms. The number of hydrogen-bond donors (Lipinski definition) is 2. The fourth-order valence-electron chi connectivity index (χ4n) is 3.42. The molecule has 1 heterocycles. The van der Waals surface area contributed by atoms with Gasteiger partial charge in [-0.25, -0.2) is 0 Å². The molecule has 3 aromatic rings. The Morgan fingerprint density at radius 3 is 2.35 bits per heavy atom. The number of carbonyl (C=O) groups excluding carboxylic acids is 3. The van der Waals surface area contributed by atoms with Gasteiger partial charge < -0.3 is 16.0 Å². The Morgan fingerprint density at radius 2 is 1.68 bits per heavy atom. The molecule has 1 aromatic heterocycles. The monoisotopic (exact) mass is 418 g/mol. The van der Waals surface area contributed by atoms with E-state index in [4.69, 9.17) is 5.73 Å². The van der Waals surface area contributed by atoms with Crippen LogP contribution in [0.3, 0.4) is 0 Å². The topological polar surface area (TPSA) is 105 Å². The van der Waals surface area contributed by atoms with Crippen LogP contribution in [0.1, 0.15) is 29.9 Å². The molecule has 0 radical (unpaired) electrons. The number of pyridine rings is 1. The summed E-state index contributed by atoms with van der Waals surface area (Å²) >= 11 is 0. The van der Waals surface area contributed by atoms with E-state index in [2.05, 4.69) is 10.3 Å². The number of fused-ring (bicyclic) bond motifs is 1. The second-order valence-corrected chi connectivity index (χ2v) is 7.72. The number of amides is 3. The molecular formula is C24H26N4O3. The van der Waals surface area contributed by atoms with E-state index < -0.39 is 17.9 Å². The number of carbonyl (C=O) groups is 3. The lowest BCUT2D eigenvalue weighted by Crippen LogP contribution is -2.52. The van der Waals surface area contributed by atoms with E-state index in [0.717, 1.165) is 10.9 Å². The molecule has 31 heavy (non-hydrogen) atoms. The molecule has 0 aliphatic heterocycles. The third kappa shape index (κ3) is 5.45. The summed E-state index contributed by atoms with van der Waals surface area (Å²) in [6.45, 7) is 3.65. The Hall–Kier alpha value is -3.74. The Bertz CT molecular complexity index is 1080. The van der Waals surface area contributed by atoms with Crippen molar-refractivity contribution >= 4 is 28.5 Å². The minimum atomic E-state index is -0.837. The first-order valence-electron chi connectivity index (χ1n) is 10.1. The number of nitrogens with one attached hydrogen (secondary N) is 1. The van der Waals surface area contributed by atoms with Crippen molar-refractivity contribution in [2.45, 2.75) is 26.4 Å². The zero-order valence-corrected chi connectivity index (χ0v) is 17.6. The van der Waals surface area contributed by atoms with Crippen LogP contribution in [-0.4, -0.2) is 40.2 Å². The van der Waals surface area contributed by atoms with Crippen molar-refractivity contribution in [2.75, 3.05) is 6.54 Å². The van der Waals surface area contributed by atoms with Crippen molar-refractivity contribution in [1.29, 1.82) is 0 Å². The van der Waals surface area contributed by atoms with Crippen molar-refractivity contribution in [3.63, 3.8) is 0 Å². The van der Waals surface area contributed by atoms with Gasteiger partial charge in [-0.3, -0.25) is 19.4 Å². The van der Waals surface area contributed by atoms with Crippen LogP contribution >= 0.6 is 0 Å². The molecule has 0 saturated carbocycles. The highest BCUT2D eigenvalue weighted by Crippen LogP contribution is 2.17. The van der Waals surface area contributed by atoms with Crippen LogP contribution in [-0.2, 0) is 16.1 Å². The van der Waals surface area contributed by atoms with E-state index in [1.54, 1.807) is 6.20 Å². The molecular weight excluding hydrogens is 392 g/mol. The Kier molecular flexibility index (Phi) is 6.97. The molecule has 160 valence electrons. The molecule has 7 heteroatoms. The Labute approximate surface area is 181 Å². The van der Waals surface area contributed by atoms with Crippen LogP contribution in [0.15, 0.2) is 66.9 Å². The van der Waals surface area contributed by atoms with Gasteiger partial charge in [-0.1, -0.05) is 68.4 Å². The highest BCUT2D eigenvalue weighted by Gasteiger charge is 2.30. The molecule has 0 aliphatic carbocycles. The van der Waals surface area contributed by atoms with Crippen LogP contribution < -0.4 is 11.1 Å². The standard InChI is InChI=1S/C24H26N4O3/c1-16(2)21(24(31)28(15-20(25)29)14-17-8-4-3-5-9-17)27-23(30)22-19-11-7-6-10-18(19)12-13-26-22/h3-13,16,21H,14-15H2,1-2H3,(H2,25,29)(H,27,30)/t21-/m0/s1. The number of aromatic nitrogens is 1. The summed E-state index contributed by atoms with van der Waals surface area (Å²) in [6, 6.07) is 17.7. The van der Waals surface area contributed by atoms with Crippen LogP contribution in [0.4, 0.5) is 0 Å². The fourth-order valence-corrected chi connectivity index (χ4v) is 3.42. The van der Waals surface area contributed by atoms with Gasteiger partial charge in [0, 0.05) is 18.1 Å². The average Bonchev–Trinajstić information content (AvgIpc) is 2.76. The van der Waals surface area contributed by atoms with Gasteiger partial charge in [-0.05, 0) is 22.9 Å². The predicted molar refractivity (Wildman–Crippen MR) is 119 cm³/mol. The number of rotatable bonds is 8. The van der Waals surface area contributed by atoms with E-state index in [1.807, 2.05) is 74.5 Å². The third-order valence-electron chi connectivity index (χ3n) is 4.98. The van der Waals surface area contributed by atoms with Crippen molar-refractivity contribution in [1.82, 2.24) is 15.2 Å². The first kappa shape index (κ1) is 22.0. The first-order valence-corrected chi connectivity index (χ1v) is 10.1. The van der Waals surface area contributed by atoms with E-state index >= 15 is 0 Å². The number of nitrogens with zero attached hydrogens (tertiary/aromatic N) is 2. The summed E-state index contributed by atoms with van der Waals surface area (Å²) in [5.74, 6) is -1.64. The molecule has 3 rings (SSSR count). The maximum atomic E-state index is 13.3. The number of benzene rings is 2. The zero-order valence-electron chi connectivity index (χ0n) is 17.6. The smallest absolute Gasteiger partial charge is 0.271 e. The maximum absolute atomic E-state index is 13.3. The summed E-state index contributed by atoms with van der Waals surface area (Å²) in [5.41, 5.74) is 6.50. The molecule has 2 aromatic carbocycles. The molecule has 0 spiro atoms. The Balaban J connectivity index is 1.85. The lowest BCUT2D eigenvalue weighted by Gasteiger charge is -2.29. The first-order chi connectivity index (χ1) is 14.9. The Morgan fingerprint density at radius 1 is 1.00 bits per heavy atom. The number of hydrogen-bond acceptors (Lipinski definition) is 4. The van der Waals surface area contributed by atoms with Gasteiger partial charge in [0.05, 0.1) is 6.54 Å². The second kappa shape index (κ2) is 9.84. The van der Waals surface area contributed by atoms with Crippen molar-refractivity contribution < 1.29 is 14.4 Å². The molecule has 0 unspecified atom stereocenters. The summed E-state index contributed by atoms with van der Waals surface area (Å²) in [7, 11) is 0. The molecule has 1 atom stereocenters. The summed E-state index contributed by atoms with van der Waals surface area (Å²) in [5, 5.41) is 4.41. The summed E-state index contributed by atoms with van der Waals surface area (Å²) in [6.07, 6.45) is 1.57. The highest BCUT2D eigenvalue weighted by molar-refractivity contribution is 6.06. The van der Waals surface area contributed by atoms with Crippen LogP contribution in [0, 0.1) is 5.92 Å². The maximum Gasteiger partial charge on any atom is 0.271 e.